The van der Waals surface area contributed by atoms with Crippen molar-refractivity contribution in [1.82, 2.24) is 14.8 Å². The molecule has 2 saturated heterocycles. The lowest BCUT2D eigenvalue weighted by Crippen LogP contribution is -2.50. The number of carbonyl (C=O) groups is 2. The number of piperidine rings is 1. The number of nitrogens with zero attached hydrogens (tertiary/aromatic N) is 2. The number of nitrogens with one attached hydrogen (secondary N) is 1. The van der Waals surface area contributed by atoms with Crippen LogP contribution in [0.25, 0.3) is 10.9 Å². The first kappa shape index (κ1) is 19.8. The first-order chi connectivity index (χ1) is 13.8. The Hall–Kier alpha value is -2.50. The van der Waals surface area contributed by atoms with Crippen molar-refractivity contribution in [2.24, 2.45) is 0 Å². The fourth-order valence-electron chi connectivity index (χ4n) is 4.62. The van der Waals surface area contributed by atoms with Crippen LogP contribution in [0.5, 0.6) is 0 Å². The predicted molar refractivity (Wildman–Crippen MR) is 113 cm³/mol. The Morgan fingerprint density at radius 2 is 1.79 bits per heavy atom. The second-order valence-corrected chi connectivity index (χ2v) is 9.22. The lowest BCUT2D eigenvalue weighted by atomic mass is 9.89. The van der Waals surface area contributed by atoms with Gasteiger partial charge in [-0.05, 0) is 64.0 Å². The summed E-state index contributed by atoms with van der Waals surface area (Å²) in [7, 11) is 0. The van der Waals surface area contributed by atoms with Gasteiger partial charge >= 0.3 is 6.09 Å². The molecular formula is C23H31N3O3. The van der Waals surface area contributed by atoms with E-state index in [9.17, 15) is 9.59 Å². The van der Waals surface area contributed by atoms with Gasteiger partial charge in [0.25, 0.3) is 0 Å². The molecule has 1 aromatic heterocycles. The SMILES string of the molecule is CC(C)(C)OC(=O)N1CCCC1C(=O)N1CCC(c2c[nH]c3ccccc23)CC1. The average molecular weight is 398 g/mol. The van der Waals surface area contributed by atoms with E-state index in [0.29, 0.717) is 12.5 Å². The second kappa shape index (κ2) is 7.73. The molecule has 0 spiro atoms. The number of benzene rings is 1. The van der Waals surface area contributed by atoms with Crippen LogP contribution < -0.4 is 0 Å². The Morgan fingerprint density at radius 1 is 1.07 bits per heavy atom. The first-order valence-electron chi connectivity index (χ1n) is 10.7. The summed E-state index contributed by atoms with van der Waals surface area (Å²) in [6.07, 6.45) is 5.22. The van der Waals surface area contributed by atoms with Gasteiger partial charge in [0.1, 0.15) is 11.6 Å². The van der Waals surface area contributed by atoms with Gasteiger partial charge in [-0.1, -0.05) is 18.2 Å². The molecule has 2 aliphatic rings. The van der Waals surface area contributed by atoms with Crippen LogP contribution in [0.1, 0.15) is 57.9 Å². The van der Waals surface area contributed by atoms with Crippen LogP contribution in [0.15, 0.2) is 30.5 Å². The lowest BCUT2D eigenvalue weighted by Gasteiger charge is -2.36. The fraction of sp³-hybridized carbons (Fsp3) is 0.565. The van der Waals surface area contributed by atoms with Crippen LogP contribution in [0.3, 0.4) is 0 Å². The van der Waals surface area contributed by atoms with E-state index in [4.69, 9.17) is 4.74 Å². The van der Waals surface area contributed by atoms with Crippen LogP contribution >= 0.6 is 0 Å². The highest BCUT2D eigenvalue weighted by Gasteiger charge is 2.39. The minimum atomic E-state index is -0.551. The zero-order chi connectivity index (χ0) is 20.6. The molecule has 3 heterocycles. The number of rotatable bonds is 2. The van der Waals surface area contributed by atoms with E-state index in [1.165, 1.54) is 16.5 Å². The molecule has 29 heavy (non-hydrogen) atoms. The van der Waals surface area contributed by atoms with E-state index in [0.717, 1.165) is 38.8 Å². The van der Waals surface area contributed by atoms with Crippen LogP contribution in [0.2, 0.25) is 0 Å². The van der Waals surface area contributed by atoms with E-state index in [1.54, 1.807) is 4.90 Å². The van der Waals surface area contributed by atoms with Crippen molar-refractivity contribution in [3.05, 3.63) is 36.0 Å². The highest BCUT2D eigenvalue weighted by atomic mass is 16.6. The number of aromatic nitrogens is 1. The molecule has 1 unspecified atom stereocenters. The Bertz CT molecular complexity index is 890. The van der Waals surface area contributed by atoms with Crippen molar-refractivity contribution in [3.8, 4) is 0 Å². The molecule has 6 heteroatoms. The number of hydrogen-bond acceptors (Lipinski definition) is 3. The Kier molecular flexibility index (Phi) is 5.28. The van der Waals surface area contributed by atoms with Crippen molar-refractivity contribution >= 4 is 22.9 Å². The highest BCUT2D eigenvalue weighted by molar-refractivity contribution is 5.87. The summed E-state index contributed by atoms with van der Waals surface area (Å²) >= 11 is 0. The smallest absolute Gasteiger partial charge is 0.410 e. The largest absolute Gasteiger partial charge is 0.444 e. The van der Waals surface area contributed by atoms with Crippen molar-refractivity contribution < 1.29 is 14.3 Å². The van der Waals surface area contributed by atoms with Gasteiger partial charge in [0, 0.05) is 36.7 Å². The summed E-state index contributed by atoms with van der Waals surface area (Å²) in [5.74, 6) is 0.534. The number of H-pyrrole nitrogens is 1. The van der Waals surface area contributed by atoms with Gasteiger partial charge < -0.3 is 14.6 Å². The third kappa shape index (κ3) is 4.11. The molecule has 6 nitrogen and oxygen atoms in total. The number of fused-ring (bicyclic) bond motifs is 1. The third-order valence-electron chi connectivity index (χ3n) is 6.03. The van der Waals surface area contributed by atoms with Crippen LogP contribution in [-0.2, 0) is 9.53 Å². The molecule has 1 N–H and O–H groups in total. The molecule has 156 valence electrons. The zero-order valence-corrected chi connectivity index (χ0v) is 17.6. The molecule has 0 aliphatic carbocycles. The molecule has 2 fully saturated rings. The number of aromatic amines is 1. The molecule has 2 aliphatic heterocycles. The van der Waals surface area contributed by atoms with Gasteiger partial charge in [0.15, 0.2) is 0 Å². The molecule has 0 saturated carbocycles. The number of para-hydroxylation sites is 1. The van der Waals surface area contributed by atoms with Crippen LogP contribution in [0, 0.1) is 0 Å². The lowest BCUT2D eigenvalue weighted by molar-refractivity contribution is -0.137. The number of likely N-dealkylation sites (tertiary alicyclic amines) is 2. The molecule has 0 radical (unpaired) electrons. The van der Waals surface area contributed by atoms with Crippen molar-refractivity contribution in [2.75, 3.05) is 19.6 Å². The molecule has 4 rings (SSSR count). The summed E-state index contributed by atoms with van der Waals surface area (Å²) < 4.78 is 5.51. The minimum Gasteiger partial charge on any atom is -0.444 e. The maximum Gasteiger partial charge on any atom is 0.410 e. The van der Waals surface area contributed by atoms with Gasteiger partial charge in [-0.25, -0.2) is 4.79 Å². The Labute approximate surface area is 172 Å². The van der Waals surface area contributed by atoms with E-state index in [-0.39, 0.29) is 18.0 Å². The minimum absolute atomic E-state index is 0.0748. The number of ether oxygens (including phenoxy) is 1. The van der Waals surface area contributed by atoms with Gasteiger partial charge in [-0.3, -0.25) is 9.69 Å². The van der Waals surface area contributed by atoms with Crippen molar-refractivity contribution in [1.29, 1.82) is 0 Å². The molecular weight excluding hydrogens is 366 g/mol. The molecule has 2 amide bonds. The average Bonchev–Trinajstić information content (AvgIpc) is 3.33. The van der Waals surface area contributed by atoms with E-state index < -0.39 is 5.60 Å². The third-order valence-corrected chi connectivity index (χ3v) is 6.03. The summed E-state index contributed by atoms with van der Waals surface area (Å²) in [5, 5.41) is 1.28. The summed E-state index contributed by atoms with van der Waals surface area (Å²) in [4.78, 5) is 32.6. The maximum atomic E-state index is 13.2. The molecule has 2 aromatic rings. The summed E-state index contributed by atoms with van der Waals surface area (Å²) in [5.41, 5.74) is 1.97. The van der Waals surface area contributed by atoms with Crippen LogP contribution in [0.4, 0.5) is 4.79 Å². The van der Waals surface area contributed by atoms with Crippen LogP contribution in [-0.4, -0.2) is 58.1 Å². The molecule has 1 aromatic carbocycles. The monoisotopic (exact) mass is 397 g/mol. The summed E-state index contributed by atoms with van der Waals surface area (Å²) in [6.45, 7) is 7.63. The molecule has 0 bridgehead atoms. The topological polar surface area (TPSA) is 65.6 Å². The van der Waals surface area contributed by atoms with Crippen molar-refractivity contribution in [3.63, 3.8) is 0 Å². The number of amides is 2. The first-order valence-corrected chi connectivity index (χ1v) is 10.7. The molecule has 1 atom stereocenters. The predicted octanol–water partition coefficient (Wildman–Crippen LogP) is 4.27. The quantitative estimate of drug-likeness (QED) is 0.823. The Morgan fingerprint density at radius 3 is 2.52 bits per heavy atom. The maximum absolute atomic E-state index is 13.2. The van der Waals surface area contributed by atoms with Gasteiger partial charge in [-0.2, -0.15) is 0 Å². The standard InChI is InChI=1S/C23H31N3O3/c1-23(2,3)29-22(28)26-12-6-9-20(26)21(27)25-13-10-16(11-14-25)18-15-24-19-8-5-4-7-17(18)19/h4-5,7-8,15-16,20,24H,6,9-14H2,1-3H3. The zero-order valence-electron chi connectivity index (χ0n) is 17.6. The normalized spacial score (nSPS) is 21.0. The van der Waals surface area contributed by atoms with Gasteiger partial charge in [0.2, 0.25) is 5.91 Å². The highest BCUT2D eigenvalue weighted by Crippen LogP contribution is 2.34. The number of hydrogen-bond donors (Lipinski definition) is 1. The number of carbonyl (C=O) groups excluding carboxylic acids is 2. The van der Waals surface area contributed by atoms with E-state index in [1.807, 2.05) is 31.7 Å². The van der Waals surface area contributed by atoms with E-state index >= 15 is 0 Å². The van der Waals surface area contributed by atoms with Gasteiger partial charge in [0.05, 0.1) is 0 Å². The Balaban J connectivity index is 1.39. The van der Waals surface area contributed by atoms with E-state index in [2.05, 4.69) is 29.4 Å². The van der Waals surface area contributed by atoms with Gasteiger partial charge in [-0.15, -0.1) is 0 Å². The van der Waals surface area contributed by atoms with Crippen molar-refractivity contribution in [2.45, 2.75) is 64.0 Å². The fourth-order valence-corrected chi connectivity index (χ4v) is 4.62. The summed E-state index contributed by atoms with van der Waals surface area (Å²) in [6, 6.07) is 8.00. The second-order valence-electron chi connectivity index (χ2n) is 9.22.